The third-order valence-corrected chi connectivity index (χ3v) is 9.93. The third kappa shape index (κ3) is 5.70. The predicted molar refractivity (Wildman–Crippen MR) is 166 cm³/mol. The highest BCUT2D eigenvalue weighted by Crippen LogP contribution is 2.59. The van der Waals surface area contributed by atoms with Crippen LogP contribution in [-0.2, 0) is 4.79 Å². The summed E-state index contributed by atoms with van der Waals surface area (Å²) < 4.78 is 13.4. The highest BCUT2D eigenvalue weighted by Gasteiger charge is 2.50. The van der Waals surface area contributed by atoms with Crippen molar-refractivity contribution in [3.8, 4) is 0 Å². The number of anilines is 1. The predicted octanol–water partition coefficient (Wildman–Crippen LogP) is 5.80. The molecule has 1 aromatic heterocycles. The van der Waals surface area contributed by atoms with Crippen LogP contribution in [0.4, 0.5) is 10.1 Å². The molecule has 0 saturated heterocycles. The van der Waals surface area contributed by atoms with Gasteiger partial charge in [-0.25, -0.2) is 9.37 Å². The van der Waals surface area contributed by atoms with Crippen LogP contribution >= 0.6 is 0 Å². The topological polar surface area (TPSA) is 116 Å². The fourth-order valence-corrected chi connectivity index (χ4v) is 8.33. The summed E-state index contributed by atoms with van der Waals surface area (Å²) in [5.74, 6) is 0.103. The van der Waals surface area contributed by atoms with Gasteiger partial charge in [-0.3, -0.25) is 14.4 Å². The number of rotatable bonds is 9. The number of amides is 3. The Morgan fingerprint density at radius 2 is 1.50 bits per heavy atom. The first-order valence-corrected chi connectivity index (χ1v) is 15.5. The van der Waals surface area contributed by atoms with Gasteiger partial charge in [-0.05, 0) is 104 Å². The number of aromatic nitrogens is 2. The van der Waals surface area contributed by atoms with Gasteiger partial charge >= 0.3 is 0 Å². The highest BCUT2D eigenvalue weighted by atomic mass is 19.1. The molecule has 8 rings (SSSR count). The highest BCUT2D eigenvalue weighted by molar-refractivity contribution is 6.10. The maximum atomic E-state index is 13.7. The minimum Gasteiger partial charge on any atom is -0.351 e. The molecule has 9 heteroatoms. The van der Waals surface area contributed by atoms with Crippen LogP contribution in [0, 0.1) is 29.0 Å². The van der Waals surface area contributed by atoms with Crippen molar-refractivity contribution in [1.82, 2.24) is 20.6 Å². The molecule has 4 aliphatic rings. The zero-order valence-corrected chi connectivity index (χ0v) is 24.4. The molecule has 1 unspecified atom stereocenters. The van der Waals surface area contributed by atoms with Gasteiger partial charge in [0, 0.05) is 18.8 Å². The first kappa shape index (κ1) is 28.3. The van der Waals surface area contributed by atoms with Gasteiger partial charge in [0.2, 0.25) is 5.91 Å². The number of halogens is 1. The Bertz CT molecular complexity index is 1670. The number of benzene rings is 3. The Morgan fingerprint density at radius 3 is 2.18 bits per heavy atom. The lowest BCUT2D eigenvalue weighted by molar-refractivity contribution is -0.117. The van der Waals surface area contributed by atoms with Crippen LogP contribution in [0.3, 0.4) is 0 Å². The number of carbonyl (C=O) groups is 3. The molecule has 1 heterocycles. The number of aromatic amines is 1. The van der Waals surface area contributed by atoms with Gasteiger partial charge in [0.25, 0.3) is 11.8 Å². The molecule has 4 aliphatic carbocycles. The quantitative estimate of drug-likeness (QED) is 0.196. The van der Waals surface area contributed by atoms with Crippen molar-refractivity contribution in [1.29, 1.82) is 0 Å². The van der Waals surface area contributed by atoms with Gasteiger partial charge in [0.15, 0.2) is 0 Å². The second-order valence-electron chi connectivity index (χ2n) is 13.1. The molecule has 226 valence electrons. The molecule has 0 radical (unpaired) electrons. The molecule has 1 atom stereocenters. The summed E-state index contributed by atoms with van der Waals surface area (Å²) in [4.78, 5) is 48.1. The molecule has 4 bridgehead atoms. The minimum atomic E-state index is -0.729. The second-order valence-corrected chi connectivity index (χ2v) is 13.1. The van der Waals surface area contributed by atoms with Crippen LogP contribution < -0.4 is 16.0 Å². The number of hydrogen-bond acceptors (Lipinski definition) is 4. The number of fused-ring (bicyclic) bond motifs is 1. The summed E-state index contributed by atoms with van der Waals surface area (Å²) in [5.41, 5.74) is 3.04. The van der Waals surface area contributed by atoms with E-state index < -0.39 is 17.6 Å². The van der Waals surface area contributed by atoms with Crippen LogP contribution in [-0.4, -0.2) is 40.8 Å². The van der Waals surface area contributed by atoms with E-state index in [0.29, 0.717) is 28.8 Å². The summed E-state index contributed by atoms with van der Waals surface area (Å²) in [6, 6.07) is 18.0. The smallest absolute Gasteiger partial charge is 0.252 e. The van der Waals surface area contributed by atoms with E-state index in [1.54, 1.807) is 12.1 Å². The van der Waals surface area contributed by atoms with Crippen LogP contribution in [0.5, 0.6) is 0 Å². The van der Waals surface area contributed by atoms with Gasteiger partial charge < -0.3 is 20.9 Å². The normalized spacial score (nSPS) is 24.2. The molecule has 4 N–H and O–H groups in total. The molecule has 8 nitrogen and oxygen atoms in total. The zero-order chi connectivity index (χ0) is 30.3. The lowest BCUT2D eigenvalue weighted by atomic mass is 9.49. The number of carbonyl (C=O) groups excluding carboxylic acids is 3. The van der Waals surface area contributed by atoms with Crippen molar-refractivity contribution in [2.24, 2.45) is 23.2 Å². The van der Waals surface area contributed by atoms with E-state index in [1.807, 2.05) is 30.3 Å². The maximum absolute atomic E-state index is 13.7. The molecule has 3 aromatic carbocycles. The lowest BCUT2D eigenvalue weighted by Crippen LogP contribution is -2.51. The Labute approximate surface area is 255 Å². The van der Waals surface area contributed by atoms with Gasteiger partial charge in [-0.15, -0.1) is 0 Å². The average molecular weight is 594 g/mol. The van der Waals surface area contributed by atoms with Crippen LogP contribution in [0.15, 0.2) is 73.1 Å². The van der Waals surface area contributed by atoms with Crippen molar-refractivity contribution in [3.05, 3.63) is 95.6 Å². The second kappa shape index (κ2) is 11.5. The number of hydrogen-bond donors (Lipinski definition) is 4. The molecular formula is C35H36FN5O3. The molecule has 0 spiro atoms. The number of nitrogens with zero attached hydrogens (tertiary/aromatic N) is 1. The third-order valence-electron chi connectivity index (χ3n) is 9.93. The van der Waals surface area contributed by atoms with E-state index >= 15 is 0 Å². The first-order valence-electron chi connectivity index (χ1n) is 15.5. The molecule has 4 saturated carbocycles. The fraction of sp³-hybridized carbons (Fsp3) is 0.371. The Kier molecular flexibility index (Phi) is 7.40. The van der Waals surface area contributed by atoms with Crippen molar-refractivity contribution < 1.29 is 18.8 Å². The van der Waals surface area contributed by atoms with E-state index in [-0.39, 0.29) is 34.9 Å². The van der Waals surface area contributed by atoms with Gasteiger partial charge in [-0.2, -0.15) is 0 Å². The minimum absolute atomic E-state index is 0.0111. The zero-order valence-electron chi connectivity index (χ0n) is 24.4. The monoisotopic (exact) mass is 593 g/mol. The summed E-state index contributed by atoms with van der Waals surface area (Å²) in [6.07, 6.45) is 9.06. The molecule has 0 aliphatic heterocycles. The Balaban J connectivity index is 1.09. The number of imidazole rings is 1. The average Bonchev–Trinajstić information content (AvgIpc) is 3.48. The van der Waals surface area contributed by atoms with E-state index in [1.165, 1.54) is 69.1 Å². The molecular weight excluding hydrogens is 557 g/mol. The van der Waals surface area contributed by atoms with Crippen molar-refractivity contribution in [3.63, 3.8) is 0 Å². The summed E-state index contributed by atoms with van der Waals surface area (Å²) >= 11 is 0. The summed E-state index contributed by atoms with van der Waals surface area (Å²) in [7, 11) is 0. The first-order chi connectivity index (χ1) is 21.3. The SMILES string of the molecule is O=C(NCC(C(=O)Nc1ccc(F)cc1)c1ccccc1)c1cc2nc[nH]c2cc1C(=O)NCC12CC3CC(CC(C3)C1)C2. The summed E-state index contributed by atoms with van der Waals surface area (Å²) in [6.45, 7) is 0.611. The number of H-pyrrole nitrogens is 1. The van der Waals surface area contributed by atoms with E-state index in [2.05, 4.69) is 25.9 Å². The van der Waals surface area contributed by atoms with E-state index in [0.717, 1.165) is 17.8 Å². The fourth-order valence-electron chi connectivity index (χ4n) is 8.33. The largest absolute Gasteiger partial charge is 0.351 e. The van der Waals surface area contributed by atoms with E-state index in [9.17, 15) is 18.8 Å². The van der Waals surface area contributed by atoms with Crippen LogP contribution in [0.2, 0.25) is 0 Å². The van der Waals surface area contributed by atoms with Crippen LogP contribution in [0.25, 0.3) is 11.0 Å². The van der Waals surface area contributed by atoms with Gasteiger partial charge in [0.1, 0.15) is 5.82 Å². The Morgan fingerprint density at radius 1 is 0.864 bits per heavy atom. The van der Waals surface area contributed by atoms with Crippen molar-refractivity contribution in [2.75, 3.05) is 18.4 Å². The number of nitrogens with one attached hydrogen (secondary N) is 4. The van der Waals surface area contributed by atoms with Crippen molar-refractivity contribution in [2.45, 2.75) is 44.4 Å². The summed E-state index contributed by atoms with van der Waals surface area (Å²) in [5, 5.41) is 8.92. The van der Waals surface area contributed by atoms with Crippen LogP contribution in [0.1, 0.15) is 70.7 Å². The molecule has 3 amide bonds. The molecule has 44 heavy (non-hydrogen) atoms. The van der Waals surface area contributed by atoms with Gasteiger partial charge in [-0.1, -0.05) is 30.3 Å². The standard InChI is InChI=1S/C35H36FN5O3/c36-25-6-8-26(9-7-25)41-34(44)29(24-4-2-1-3-5-24)18-37-32(42)27-13-30-31(40-20-39-30)14-28(27)33(43)38-19-35-15-21-10-22(16-35)12-23(11-21)17-35/h1-9,13-14,20-23,29H,10-12,15-19H2,(H,37,42)(H,38,43)(H,39,40)(H,41,44). The van der Waals surface area contributed by atoms with Crippen molar-refractivity contribution >= 4 is 34.4 Å². The lowest BCUT2D eigenvalue weighted by Gasteiger charge is -2.56. The molecule has 4 aromatic rings. The van der Waals surface area contributed by atoms with E-state index in [4.69, 9.17) is 0 Å². The Hall–Kier alpha value is -4.53. The maximum Gasteiger partial charge on any atom is 0.252 e. The van der Waals surface area contributed by atoms with Gasteiger partial charge in [0.05, 0.1) is 34.4 Å². The molecule has 4 fully saturated rings.